The zero-order valence-electron chi connectivity index (χ0n) is 17.9. The molecule has 2 atom stereocenters. The van der Waals surface area contributed by atoms with Crippen LogP contribution in [-0.4, -0.2) is 40.0 Å². The highest BCUT2D eigenvalue weighted by molar-refractivity contribution is 7.98. The number of para-hydroxylation sites is 1. The van der Waals surface area contributed by atoms with Gasteiger partial charge in [0.2, 0.25) is 11.8 Å². The number of H-pyrrole nitrogens is 1. The number of carbonyl (C=O) groups is 2. The van der Waals surface area contributed by atoms with Gasteiger partial charge >= 0.3 is 0 Å². The molecule has 2 aromatic rings. The first kappa shape index (κ1) is 20.4. The number of hydrogen-bond acceptors (Lipinski definition) is 4. The number of nitriles is 1. The van der Waals surface area contributed by atoms with Gasteiger partial charge in [-0.15, -0.1) is 11.8 Å². The van der Waals surface area contributed by atoms with Crippen molar-refractivity contribution in [2.75, 3.05) is 12.8 Å². The van der Waals surface area contributed by atoms with Gasteiger partial charge in [0.1, 0.15) is 5.54 Å². The number of aromatic amines is 1. The van der Waals surface area contributed by atoms with Crippen molar-refractivity contribution in [3.05, 3.63) is 29.5 Å². The Labute approximate surface area is 186 Å². The second-order valence-corrected chi connectivity index (χ2v) is 10.0. The number of aromatic nitrogens is 1. The van der Waals surface area contributed by atoms with Crippen LogP contribution in [0.3, 0.4) is 0 Å². The van der Waals surface area contributed by atoms with Gasteiger partial charge in [0.05, 0.1) is 11.6 Å². The summed E-state index contributed by atoms with van der Waals surface area (Å²) in [6, 6.07) is 8.56. The predicted molar refractivity (Wildman–Crippen MR) is 120 cm³/mol. The lowest BCUT2D eigenvalue weighted by Gasteiger charge is -2.36. The van der Waals surface area contributed by atoms with Gasteiger partial charge in [-0.25, -0.2) is 0 Å². The summed E-state index contributed by atoms with van der Waals surface area (Å²) in [5.74, 6) is -0.606. The maximum absolute atomic E-state index is 13.6. The summed E-state index contributed by atoms with van der Waals surface area (Å²) < 4.78 is 0. The van der Waals surface area contributed by atoms with Crippen LogP contribution in [-0.2, 0) is 22.6 Å². The number of benzene rings is 1. The van der Waals surface area contributed by atoms with E-state index in [0.29, 0.717) is 25.9 Å². The maximum Gasteiger partial charge on any atom is 0.226 e. The van der Waals surface area contributed by atoms with Crippen LogP contribution in [0.5, 0.6) is 0 Å². The second-order valence-electron chi connectivity index (χ2n) is 9.16. The van der Waals surface area contributed by atoms with E-state index < -0.39 is 5.54 Å². The minimum Gasteiger partial charge on any atom is -0.357 e. The molecule has 3 aliphatic rings. The average molecular weight is 437 g/mol. The van der Waals surface area contributed by atoms with Gasteiger partial charge in [0, 0.05) is 52.9 Å². The number of nitrogens with one attached hydrogen (secondary N) is 2. The summed E-state index contributed by atoms with van der Waals surface area (Å²) in [4.78, 5) is 33.3. The number of fused-ring (bicyclic) bond motifs is 3. The van der Waals surface area contributed by atoms with E-state index in [0.717, 1.165) is 37.6 Å². The van der Waals surface area contributed by atoms with Gasteiger partial charge in [-0.05, 0) is 38.0 Å². The Hall–Kier alpha value is -2.46. The summed E-state index contributed by atoms with van der Waals surface area (Å²) >= 11 is 1.73. The van der Waals surface area contributed by atoms with Gasteiger partial charge in [0.25, 0.3) is 0 Å². The predicted octanol–water partition coefficient (Wildman–Crippen LogP) is 3.75. The highest BCUT2D eigenvalue weighted by Crippen LogP contribution is 2.38. The molecule has 31 heavy (non-hydrogen) atoms. The third kappa shape index (κ3) is 3.61. The molecule has 5 rings (SSSR count). The molecule has 0 radical (unpaired) electrons. The first-order valence-electron chi connectivity index (χ1n) is 11.2. The summed E-state index contributed by atoms with van der Waals surface area (Å²) in [6.07, 6.45) is 7.75. The van der Waals surface area contributed by atoms with Crippen LogP contribution in [0.25, 0.3) is 10.9 Å². The van der Waals surface area contributed by atoms with Crippen molar-refractivity contribution in [3.63, 3.8) is 0 Å². The zero-order valence-corrected chi connectivity index (χ0v) is 18.7. The molecule has 2 saturated carbocycles. The second kappa shape index (κ2) is 7.90. The lowest BCUT2D eigenvalue weighted by molar-refractivity contribution is -0.144. The fourth-order valence-corrected chi connectivity index (χ4v) is 5.84. The number of rotatable bonds is 4. The Morgan fingerprint density at radius 2 is 2.03 bits per heavy atom. The normalized spacial score (nSPS) is 24.3. The Morgan fingerprint density at radius 3 is 2.74 bits per heavy atom. The van der Waals surface area contributed by atoms with E-state index in [9.17, 15) is 14.9 Å². The number of hydrogen-bond donors (Lipinski definition) is 2. The molecule has 1 aromatic carbocycles. The van der Waals surface area contributed by atoms with Crippen molar-refractivity contribution in [2.45, 2.75) is 61.9 Å². The van der Waals surface area contributed by atoms with E-state index in [4.69, 9.17) is 0 Å². The van der Waals surface area contributed by atoms with Crippen molar-refractivity contribution in [2.24, 2.45) is 11.8 Å². The van der Waals surface area contributed by atoms with Crippen LogP contribution < -0.4 is 5.32 Å². The van der Waals surface area contributed by atoms with E-state index >= 15 is 0 Å². The van der Waals surface area contributed by atoms with Gasteiger partial charge in [-0.1, -0.05) is 25.0 Å². The van der Waals surface area contributed by atoms with E-state index in [-0.39, 0.29) is 23.7 Å². The quantitative estimate of drug-likeness (QED) is 0.715. The van der Waals surface area contributed by atoms with Crippen LogP contribution in [0, 0.1) is 23.2 Å². The lowest BCUT2D eigenvalue weighted by Crippen LogP contribution is -2.48. The summed E-state index contributed by atoms with van der Waals surface area (Å²) in [7, 11) is 0. The van der Waals surface area contributed by atoms with Crippen molar-refractivity contribution in [1.82, 2.24) is 15.2 Å². The minimum atomic E-state index is -0.679. The van der Waals surface area contributed by atoms with Crippen molar-refractivity contribution in [1.29, 1.82) is 5.26 Å². The Balaban J connectivity index is 1.36. The van der Waals surface area contributed by atoms with E-state index in [1.165, 1.54) is 21.5 Å². The molecule has 1 aliphatic heterocycles. The molecule has 2 aliphatic carbocycles. The molecule has 0 spiro atoms. The van der Waals surface area contributed by atoms with Crippen LogP contribution in [0.4, 0.5) is 0 Å². The van der Waals surface area contributed by atoms with Crippen LogP contribution in [0.1, 0.15) is 49.8 Å². The average Bonchev–Trinajstić information content (AvgIpc) is 3.48. The highest BCUT2D eigenvalue weighted by Gasteiger charge is 2.47. The molecule has 1 aromatic heterocycles. The third-order valence-corrected chi connectivity index (χ3v) is 8.03. The van der Waals surface area contributed by atoms with E-state index in [2.05, 4.69) is 40.8 Å². The molecule has 162 valence electrons. The fraction of sp³-hybridized carbons (Fsp3) is 0.542. The molecule has 0 bridgehead atoms. The third-order valence-electron chi connectivity index (χ3n) is 7.25. The van der Waals surface area contributed by atoms with Gasteiger partial charge < -0.3 is 15.2 Å². The largest absolute Gasteiger partial charge is 0.357 e. The van der Waals surface area contributed by atoms with Gasteiger partial charge in [-0.2, -0.15) is 5.26 Å². The minimum absolute atomic E-state index is 0.0997. The Bertz CT molecular complexity index is 1080. The number of thioether (sulfide) groups is 1. The molecule has 2 fully saturated rings. The van der Waals surface area contributed by atoms with Crippen molar-refractivity contribution < 1.29 is 9.59 Å². The van der Waals surface area contributed by atoms with Gasteiger partial charge in [0.15, 0.2) is 0 Å². The number of nitrogens with zero attached hydrogens (tertiary/aromatic N) is 2. The number of amides is 2. The topological polar surface area (TPSA) is 89.0 Å². The molecule has 2 heterocycles. The SMILES string of the molecule is CSc1cccc2c3c([nH]c12)CCN(C(=O)[C@@H]1CCCC[C@H]1C(=O)NC1(C#N)CC1)C3. The Morgan fingerprint density at radius 1 is 1.26 bits per heavy atom. The lowest BCUT2D eigenvalue weighted by atomic mass is 9.77. The van der Waals surface area contributed by atoms with Crippen LogP contribution in [0.15, 0.2) is 23.1 Å². The zero-order chi connectivity index (χ0) is 21.6. The summed E-state index contributed by atoms with van der Waals surface area (Å²) in [6.45, 7) is 1.28. The van der Waals surface area contributed by atoms with E-state index in [1.807, 2.05) is 4.90 Å². The van der Waals surface area contributed by atoms with Crippen molar-refractivity contribution in [3.8, 4) is 6.07 Å². The molecule has 7 heteroatoms. The van der Waals surface area contributed by atoms with Crippen LogP contribution in [0.2, 0.25) is 0 Å². The fourth-order valence-electron chi connectivity index (χ4n) is 5.26. The summed E-state index contributed by atoms with van der Waals surface area (Å²) in [5, 5.41) is 13.5. The monoisotopic (exact) mass is 436 g/mol. The van der Waals surface area contributed by atoms with Gasteiger partial charge in [-0.3, -0.25) is 9.59 Å². The first-order valence-corrected chi connectivity index (χ1v) is 12.5. The molecule has 2 N–H and O–H groups in total. The molecule has 6 nitrogen and oxygen atoms in total. The summed E-state index contributed by atoms with van der Waals surface area (Å²) in [5.41, 5.74) is 2.92. The van der Waals surface area contributed by atoms with E-state index in [1.54, 1.807) is 11.8 Å². The number of carbonyl (C=O) groups excluding carboxylic acids is 2. The molecule has 0 unspecified atom stereocenters. The maximum atomic E-state index is 13.6. The smallest absolute Gasteiger partial charge is 0.226 e. The Kier molecular flexibility index (Phi) is 5.21. The van der Waals surface area contributed by atoms with Crippen molar-refractivity contribution >= 4 is 34.5 Å². The standard InChI is InChI=1S/C24H28N4O2S/c1-31-20-8-4-7-15-18-13-28(12-9-19(18)26-21(15)20)23(30)17-6-3-2-5-16(17)22(29)27-24(14-25)10-11-24/h4,7-8,16-17,26H,2-3,5-6,9-13H2,1H3,(H,27,29)/t16-,17-/m1/s1. The molecular formula is C24H28N4O2S. The van der Waals surface area contributed by atoms with Crippen LogP contribution >= 0.6 is 11.8 Å². The highest BCUT2D eigenvalue weighted by atomic mass is 32.2. The molecule has 0 saturated heterocycles. The first-order chi connectivity index (χ1) is 15.0. The molecule has 2 amide bonds. The molecular weight excluding hydrogens is 408 g/mol.